The van der Waals surface area contributed by atoms with E-state index in [0.29, 0.717) is 35.8 Å². The Kier molecular flexibility index (Phi) is 6.68. The van der Waals surface area contributed by atoms with Gasteiger partial charge in [-0.3, -0.25) is 9.59 Å². The summed E-state index contributed by atoms with van der Waals surface area (Å²) < 4.78 is 16.0. The highest BCUT2D eigenvalue weighted by Crippen LogP contribution is 2.32. The molecule has 0 spiro atoms. The lowest BCUT2D eigenvalue weighted by Gasteiger charge is -2.32. The molecule has 1 N–H and O–H groups in total. The Hall–Kier alpha value is -3.74. The number of ether oxygens (including phenoxy) is 3. The number of carbonyl (C=O) groups is 2. The van der Waals surface area contributed by atoms with Crippen molar-refractivity contribution in [1.82, 2.24) is 4.90 Å². The summed E-state index contributed by atoms with van der Waals surface area (Å²) in [4.78, 5) is 28.2. The van der Waals surface area contributed by atoms with E-state index in [1.54, 1.807) is 50.5 Å². The summed E-state index contributed by atoms with van der Waals surface area (Å²) in [7, 11) is 4.74. The number of likely N-dealkylation sites (tertiary alicyclic amines) is 1. The molecule has 3 aromatic carbocycles. The first-order valence-electron chi connectivity index (χ1n) is 10.9. The zero-order valence-corrected chi connectivity index (χ0v) is 19.1. The van der Waals surface area contributed by atoms with Crippen molar-refractivity contribution in [2.75, 3.05) is 39.7 Å². The van der Waals surface area contributed by atoms with E-state index in [4.69, 9.17) is 14.2 Å². The van der Waals surface area contributed by atoms with E-state index in [0.717, 1.165) is 29.4 Å². The fourth-order valence-corrected chi connectivity index (χ4v) is 4.32. The first-order valence-corrected chi connectivity index (χ1v) is 10.9. The topological polar surface area (TPSA) is 77.1 Å². The van der Waals surface area contributed by atoms with Crippen molar-refractivity contribution in [1.29, 1.82) is 0 Å². The molecule has 1 heterocycles. The van der Waals surface area contributed by atoms with Crippen LogP contribution in [0.2, 0.25) is 0 Å². The molecule has 0 saturated carbocycles. The SMILES string of the molecule is COc1ccc(NC(=O)[C@@H]2CCCN(C(=O)c3ccc(OC)c4ccccc34)C2)c(OC)c1. The van der Waals surface area contributed by atoms with Gasteiger partial charge in [0.1, 0.15) is 17.2 Å². The van der Waals surface area contributed by atoms with Gasteiger partial charge in [-0.2, -0.15) is 0 Å². The standard InChI is InChI=1S/C26H28N2O5/c1-31-18-10-12-22(24(15-18)33-3)27-25(29)17-7-6-14-28(16-17)26(30)21-11-13-23(32-2)20-9-5-4-8-19(20)21/h4-5,8-13,15,17H,6-7,14,16H2,1-3H3,(H,27,29)/t17-/m1/s1. The Morgan fingerprint density at radius 1 is 0.909 bits per heavy atom. The van der Waals surface area contributed by atoms with Crippen LogP contribution in [-0.2, 0) is 4.79 Å². The van der Waals surface area contributed by atoms with Crippen molar-refractivity contribution in [2.45, 2.75) is 12.8 Å². The predicted molar refractivity (Wildman–Crippen MR) is 127 cm³/mol. The number of benzene rings is 3. The summed E-state index contributed by atoms with van der Waals surface area (Å²) in [6.07, 6.45) is 1.48. The molecule has 0 aromatic heterocycles. The van der Waals surface area contributed by atoms with E-state index in [1.165, 1.54) is 0 Å². The molecule has 172 valence electrons. The molecule has 2 amide bonds. The van der Waals surface area contributed by atoms with E-state index in [1.807, 2.05) is 30.3 Å². The predicted octanol–water partition coefficient (Wildman–Crippen LogP) is 4.36. The third-order valence-corrected chi connectivity index (χ3v) is 6.08. The van der Waals surface area contributed by atoms with Crippen molar-refractivity contribution < 1.29 is 23.8 Å². The third kappa shape index (κ3) is 4.58. The second-order valence-electron chi connectivity index (χ2n) is 8.01. The van der Waals surface area contributed by atoms with Crippen LogP contribution in [0.25, 0.3) is 10.8 Å². The van der Waals surface area contributed by atoms with Gasteiger partial charge >= 0.3 is 0 Å². The second-order valence-corrected chi connectivity index (χ2v) is 8.01. The van der Waals surface area contributed by atoms with E-state index in [9.17, 15) is 9.59 Å². The largest absolute Gasteiger partial charge is 0.497 e. The highest BCUT2D eigenvalue weighted by Gasteiger charge is 2.30. The Balaban J connectivity index is 1.52. The average Bonchev–Trinajstić information content (AvgIpc) is 2.87. The summed E-state index contributed by atoms with van der Waals surface area (Å²) in [6.45, 7) is 0.984. The highest BCUT2D eigenvalue weighted by atomic mass is 16.5. The third-order valence-electron chi connectivity index (χ3n) is 6.08. The van der Waals surface area contributed by atoms with E-state index in [-0.39, 0.29) is 17.7 Å². The van der Waals surface area contributed by atoms with Gasteiger partial charge in [0, 0.05) is 30.1 Å². The van der Waals surface area contributed by atoms with Crippen molar-refractivity contribution >= 4 is 28.3 Å². The monoisotopic (exact) mass is 448 g/mol. The van der Waals surface area contributed by atoms with Crippen molar-refractivity contribution in [3.8, 4) is 17.2 Å². The molecule has 3 aromatic rings. The molecule has 1 aliphatic rings. The van der Waals surface area contributed by atoms with Crippen molar-refractivity contribution in [3.05, 3.63) is 60.2 Å². The molecule has 4 rings (SSSR count). The second kappa shape index (κ2) is 9.81. The Morgan fingerprint density at radius 3 is 2.39 bits per heavy atom. The molecular formula is C26H28N2O5. The number of anilines is 1. The molecule has 1 saturated heterocycles. The van der Waals surface area contributed by atoms with Crippen LogP contribution in [-0.4, -0.2) is 51.1 Å². The number of fused-ring (bicyclic) bond motifs is 1. The zero-order valence-electron chi connectivity index (χ0n) is 19.1. The van der Waals surface area contributed by atoms with Gasteiger partial charge in [-0.15, -0.1) is 0 Å². The van der Waals surface area contributed by atoms with Gasteiger partial charge in [-0.05, 0) is 42.5 Å². The molecule has 0 radical (unpaired) electrons. The number of carbonyl (C=O) groups excluding carboxylic acids is 2. The maximum atomic E-state index is 13.4. The number of rotatable bonds is 6. The number of methoxy groups -OCH3 is 3. The number of nitrogens with zero attached hydrogens (tertiary/aromatic N) is 1. The smallest absolute Gasteiger partial charge is 0.254 e. The van der Waals surface area contributed by atoms with E-state index < -0.39 is 0 Å². The van der Waals surface area contributed by atoms with Crippen LogP contribution in [0, 0.1) is 5.92 Å². The van der Waals surface area contributed by atoms with Gasteiger partial charge in [-0.1, -0.05) is 24.3 Å². The van der Waals surface area contributed by atoms with Crippen molar-refractivity contribution in [3.63, 3.8) is 0 Å². The van der Waals surface area contributed by atoms with Crippen LogP contribution in [0.15, 0.2) is 54.6 Å². The molecule has 7 nitrogen and oxygen atoms in total. The van der Waals surface area contributed by atoms with Gasteiger partial charge in [0.25, 0.3) is 5.91 Å². The summed E-state index contributed by atoms with van der Waals surface area (Å²) in [5, 5.41) is 4.69. The maximum Gasteiger partial charge on any atom is 0.254 e. The van der Waals surface area contributed by atoms with E-state index in [2.05, 4.69) is 5.32 Å². The van der Waals surface area contributed by atoms with Gasteiger partial charge in [0.2, 0.25) is 5.91 Å². The van der Waals surface area contributed by atoms with Crippen LogP contribution in [0.5, 0.6) is 17.2 Å². The van der Waals surface area contributed by atoms with Gasteiger partial charge in [0.05, 0.1) is 32.9 Å². The quantitative estimate of drug-likeness (QED) is 0.607. The fraction of sp³-hybridized carbons (Fsp3) is 0.308. The van der Waals surface area contributed by atoms with Crippen LogP contribution in [0.1, 0.15) is 23.2 Å². The maximum absolute atomic E-state index is 13.4. The van der Waals surface area contributed by atoms with E-state index >= 15 is 0 Å². The lowest BCUT2D eigenvalue weighted by atomic mass is 9.95. The minimum atomic E-state index is -0.306. The Labute approximate surface area is 193 Å². The normalized spacial score (nSPS) is 15.7. The van der Waals surface area contributed by atoms with Crippen LogP contribution in [0.3, 0.4) is 0 Å². The molecule has 1 atom stereocenters. The minimum Gasteiger partial charge on any atom is -0.497 e. The lowest BCUT2D eigenvalue weighted by molar-refractivity contribution is -0.121. The van der Waals surface area contributed by atoms with Gasteiger partial charge in [0.15, 0.2) is 0 Å². The fourth-order valence-electron chi connectivity index (χ4n) is 4.32. The first kappa shape index (κ1) is 22.5. The summed E-state index contributed by atoms with van der Waals surface area (Å²) in [5.41, 5.74) is 1.19. The van der Waals surface area contributed by atoms with Gasteiger partial charge < -0.3 is 24.4 Å². The molecule has 0 bridgehead atoms. The minimum absolute atomic E-state index is 0.0756. The number of piperidine rings is 1. The number of nitrogens with one attached hydrogen (secondary N) is 1. The molecule has 7 heteroatoms. The van der Waals surface area contributed by atoms with Crippen molar-refractivity contribution in [2.24, 2.45) is 5.92 Å². The summed E-state index contributed by atoms with van der Waals surface area (Å²) in [6, 6.07) is 16.6. The lowest BCUT2D eigenvalue weighted by Crippen LogP contribution is -2.43. The molecule has 0 aliphatic carbocycles. The Morgan fingerprint density at radius 2 is 1.67 bits per heavy atom. The first-order chi connectivity index (χ1) is 16.0. The number of hydrogen-bond donors (Lipinski definition) is 1. The zero-order chi connectivity index (χ0) is 23.4. The Bertz CT molecular complexity index is 1180. The molecule has 1 fully saturated rings. The van der Waals surface area contributed by atoms with Crippen LogP contribution >= 0.6 is 0 Å². The molecular weight excluding hydrogens is 420 g/mol. The molecule has 33 heavy (non-hydrogen) atoms. The highest BCUT2D eigenvalue weighted by molar-refractivity contribution is 6.08. The number of amides is 2. The van der Waals surface area contributed by atoms with Gasteiger partial charge in [-0.25, -0.2) is 0 Å². The number of hydrogen-bond acceptors (Lipinski definition) is 5. The summed E-state index contributed by atoms with van der Waals surface area (Å²) >= 11 is 0. The molecule has 0 unspecified atom stereocenters. The summed E-state index contributed by atoms with van der Waals surface area (Å²) in [5.74, 6) is 1.39. The molecule has 1 aliphatic heterocycles. The average molecular weight is 449 g/mol. The van der Waals surface area contributed by atoms with Crippen LogP contribution < -0.4 is 19.5 Å². The van der Waals surface area contributed by atoms with Crippen LogP contribution in [0.4, 0.5) is 5.69 Å².